The van der Waals surface area contributed by atoms with E-state index in [1.165, 1.54) is 6.08 Å². The molecule has 0 fully saturated rings. The van der Waals surface area contributed by atoms with Gasteiger partial charge >= 0.3 is 0 Å². The maximum Gasteiger partial charge on any atom is 0.255 e. The number of carbonyl (C=O) groups is 1. The third-order valence-corrected chi connectivity index (χ3v) is 4.99. The van der Waals surface area contributed by atoms with Crippen LogP contribution in [0.15, 0.2) is 72.6 Å². The first-order valence-electron chi connectivity index (χ1n) is 8.69. The van der Waals surface area contributed by atoms with Crippen molar-refractivity contribution in [2.45, 2.75) is 13.3 Å². The molecule has 0 heterocycles. The fourth-order valence-corrected chi connectivity index (χ4v) is 3.02. The molecule has 0 spiro atoms. The van der Waals surface area contributed by atoms with E-state index in [9.17, 15) is 9.18 Å². The van der Waals surface area contributed by atoms with Crippen molar-refractivity contribution in [1.29, 1.82) is 0 Å². The largest absolute Gasteiger partial charge is 0.322 e. The second-order valence-electron chi connectivity index (χ2n) is 6.41. The van der Waals surface area contributed by atoms with E-state index in [0.717, 1.165) is 16.8 Å². The van der Waals surface area contributed by atoms with Crippen molar-refractivity contribution in [3.05, 3.63) is 105 Å². The van der Waals surface area contributed by atoms with Crippen LogP contribution in [-0.4, -0.2) is 5.91 Å². The summed E-state index contributed by atoms with van der Waals surface area (Å²) in [6, 6.07) is 19.4. The third kappa shape index (κ3) is 5.22. The van der Waals surface area contributed by atoms with Crippen molar-refractivity contribution in [2.24, 2.45) is 0 Å². The number of rotatable bonds is 5. The van der Waals surface area contributed by atoms with E-state index < -0.39 is 0 Å². The molecule has 0 bridgehead atoms. The standard InChI is InChI=1S/C23H18Cl2FNO/c1-15-4-2-3-5-22(15)27-23(28)18-9-6-16(7-10-18)12-19(26)13-17-8-11-20(24)21(25)14-17/h2-11,13-14H,12H2,1H3,(H,27,28). The fraction of sp³-hybridized carbons (Fsp3) is 0.0870. The highest BCUT2D eigenvalue weighted by Crippen LogP contribution is 2.24. The number of hydrogen-bond donors (Lipinski definition) is 1. The smallest absolute Gasteiger partial charge is 0.255 e. The van der Waals surface area contributed by atoms with Gasteiger partial charge < -0.3 is 5.32 Å². The van der Waals surface area contributed by atoms with Crippen LogP contribution in [0.25, 0.3) is 6.08 Å². The van der Waals surface area contributed by atoms with E-state index in [1.54, 1.807) is 42.5 Å². The van der Waals surface area contributed by atoms with Crippen LogP contribution in [-0.2, 0) is 6.42 Å². The molecule has 0 aliphatic carbocycles. The molecule has 28 heavy (non-hydrogen) atoms. The van der Waals surface area contributed by atoms with E-state index in [4.69, 9.17) is 23.2 Å². The van der Waals surface area contributed by atoms with Gasteiger partial charge in [-0.3, -0.25) is 4.79 Å². The highest BCUT2D eigenvalue weighted by molar-refractivity contribution is 6.42. The normalized spacial score (nSPS) is 11.4. The van der Waals surface area contributed by atoms with Crippen LogP contribution in [0.1, 0.15) is 27.0 Å². The molecule has 0 atom stereocenters. The summed E-state index contributed by atoms with van der Waals surface area (Å²) >= 11 is 11.8. The van der Waals surface area contributed by atoms with Gasteiger partial charge in [0.15, 0.2) is 0 Å². The Balaban J connectivity index is 1.66. The number of anilines is 1. The van der Waals surface area contributed by atoms with Gasteiger partial charge in [0.05, 0.1) is 10.0 Å². The second kappa shape index (κ2) is 9.05. The van der Waals surface area contributed by atoms with Crippen molar-refractivity contribution >= 4 is 40.9 Å². The first kappa shape index (κ1) is 20.1. The zero-order chi connectivity index (χ0) is 20.1. The Morgan fingerprint density at radius 2 is 1.71 bits per heavy atom. The van der Waals surface area contributed by atoms with Gasteiger partial charge in [-0.15, -0.1) is 0 Å². The van der Waals surface area contributed by atoms with Crippen molar-refractivity contribution < 1.29 is 9.18 Å². The average molecular weight is 414 g/mol. The lowest BCUT2D eigenvalue weighted by atomic mass is 10.1. The minimum atomic E-state index is -0.310. The Kier molecular flexibility index (Phi) is 6.50. The van der Waals surface area contributed by atoms with E-state index in [1.807, 2.05) is 31.2 Å². The highest BCUT2D eigenvalue weighted by Gasteiger charge is 2.08. The van der Waals surface area contributed by atoms with Gasteiger partial charge in [0.1, 0.15) is 5.83 Å². The van der Waals surface area contributed by atoms with Gasteiger partial charge in [-0.05, 0) is 60.0 Å². The summed E-state index contributed by atoms with van der Waals surface area (Å²) < 4.78 is 14.3. The Hall–Kier alpha value is -2.62. The molecule has 1 amide bonds. The molecule has 0 aliphatic rings. The van der Waals surface area contributed by atoms with E-state index in [0.29, 0.717) is 21.2 Å². The van der Waals surface area contributed by atoms with Gasteiger partial charge in [-0.2, -0.15) is 0 Å². The highest BCUT2D eigenvalue weighted by atomic mass is 35.5. The second-order valence-corrected chi connectivity index (χ2v) is 7.22. The first-order chi connectivity index (χ1) is 13.4. The molecule has 3 aromatic rings. The number of nitrogens with one attached hydrogen (secondary N) is 1. The zero-order valence-corrected chi connectivity index (χ0v) is 16.7. The summed E-state index contributed by atoms with van der Waals surface area (Å²) in [5.74, 6) is -0.511. The summed E-state index contributed by atoms with van der Waals surface area (Å²) in [4.78, 5) is 12.4. The van der Waals surface area contributed by atoms with Gasteiger partial charge in [0.2, 0.25) is 0 Å². The Labute approximate surface area is 173 Å². The number of para-hydroxylation sites is 1. The molecule has 0 saturated carbocycles. The van der Waals surface area contributed by atoms with Crippen LogP contribution in [0.2, 0.25) is 10.0 Å². The van der Waals surface area contributed by atoms with Gasteiger partial charge in [0.25, 0.3) is 5.91 Å². The molecule has 0 unspecified atom stereocenters. The molecule has 0 radical (unpaired) electrons. The molecular formula is C23H18Cl2FNO. The lowest BCUT2D eigenvalue weighted by Crippen LogP contribution is -2.12. The van der Waals surface area contributed by atoms with Gasteiger partial charge in [0, 0.05) is 17.7 Å². The quantitative estimate of drug-likeness (QED) is 0.474. The average Bonchev–Trinajstić information content (AvgIpc) is 2.67. The minimum absolute atomic E-state index is 0.125. The summed E-state index contributed by atoms with van der Waals surface area (Å²) in [6.07, 6.45) is 1.54. The van der Waals surface area contributed by atoms with E-state index >= 15 is 0 Å². The number of aryl methyl sites for hydroxylation is 1. The summed E-state index contributed by atoms with van der Waals surface area (Å²) in [6.45, 7) is 1.93. The SMILES string of the molecule is Cc1ccccc1NC(=O)c1ccc(CC(F)=Cc2ccc(Cl)c(Cl)c2)cc1. The lowest BCUT2D eigenvalue weighted by Gasteiger charge is -2.08. The summed E-state index contributed by atoms with van der Waals surface area (Å²) in [5.41, 5.74) is 3.68. The number of amides is 1. The van der Waals surface area contributed by atoms with Crippen molar-refractivity contribution in [1.82, 2.24) is 0 Å². The first-order valence-corrected chi connectivity index (χ1v) is 9.45. The predicted octanol–water partition coefficient (Wildman–Crippen LogP) is 7.11. The van der Waals surface area contributed by atoms with Crippen LogP contribution >= 0.6 is 23.2 Å². The molecule has 0 aromatic heterocycles. The topological polar surface area (TPSA) is 29.1 Å². The van der Waals surface area contributed by atoms with Crippen molar-refractivity contribution in [3.63, 3.8) is 0 Å². The number of benzene rings is 3. The molecule has 3 aromatic carbocycles. The Morgan fingerprint density at radius 3 is 2.39 bits per heavy atom. The monoisotopic (exact) mass is 413 g/mol. The van der Waals surface area contributed by atoms with E-state index in [2.05, 4.69) is 5.32 Å². The number of allylic oxidation sites excluding steroid dienone is 1. The third-order valence-electron chi connectivity index (χ3n) is 4.25. The van der Waals surface area contributed by atoms with Crippen LogP contribution < -0.4 is 5.32 Å². The van der Waals surface area contributed by atoms with Gasteiger partial charge in [-0.1, -0.05) is 59.6 Å². The Morgan fingerprint density at radius 1 is 1.00 bits per heavy atom. The maximum absolute atomic E-state index is 14.3. The maximum atomic E-state index is 14.3. The van der Waals surface area contributed by atoms with Crippen LogP contribution in [0.4, 0.5) is 10.1 Å². The van der Waals surface area contributed by atoms with Crippen molar-refractivity contribution in [3.8, 4) is 0 Å². The fourth-order valence-electron chi connectivity index (χ4n) is 2.71. The number of carbonyl (C=O) groups excluding carboxylic acids is 1. The minimum Gasteiger partial charge on any atom is -0.322 e. The molecule has 5 heteroatoms. The lowest BCUT2D eigenvalue weighted by molar-refractivity contribution is 0.102. The predicted molar refractivity (Wildman–Crippen MR) is 115 cm³/mol. The molecule has 0 saturated heterocycles. The molecule has 0 aliphatic heterocycles. The Bertz CT molecular complexity index is 1030. The van der Waals surface area contributed by atoms with Crippen LogP contribution in [0, 0.1) is 6.92 Å². The van der Waals surface area contributed by atoms with Crippen LogP contribution in [0.5, 0.6) is 0 Å². The van der Waals surface area contributed by atoms with Gasteiger partial charge in [-0.25, -0.2) is 4.39 Å². The van der Waals surface area contributed by atoms with Crippen LogP contribution in [0.3, 0.4) is 0 Å². The molecule has 3 rings (SSSR count). The molecule has 2 nitrogen and oxygen atoms in total. The zero-order valence-electron chi connectivity index (χ0n) is 15.2. The summed E-state index contributed by atoms with van der Waals surface area (Å²) in [5, 5.41) is 3.69. The summed E-state index contributed by atoms with van der Waals surface area (Å²) in [7, 11) is 0. The molecular weight excluding hydrogens is 396 g/mol. The van der Waals surface area contributed by atoms with E-state index in [-0.39, 0.29) is 18.2 Å². The van der Waals surface area contributed by atoms with Crippen molar-refractivity contribution in [2.75, 3.05) is 5.32 Å². The number of halogens is 3. The molecule has 1 N–H and O–H groups in total. The number of hydrogen-bond acceptors (Lipinski definition) is 1. The molecule has 142 valence electrons.